The minimum atomic E-state index is 0.922. The van der Waals surface area contributed by atoms with Crippen LogP contribution in [0.4, 0.5) is 11.4 Å². The molecule has 124 valence electrons. The molecule has 0 fully saturated rings. The number of para-hydroxylation sites is 1. The lowest BCUT2D eigenvalue weighted by molar-refractivity contribution is 0.910. The molecule has 0 aliphatic carbocycles. The van der Waals surface area contributed by atoms with Crippen LogP contribution in [0.2, 0.25) is 0 Å². The predicted octanol–water partition coefficient (Wildman–Crippen LogP) is 5.30. The van der Waals surface area contributed by atoms with Gasteiger partial charge in [0.25, 0.3) is 0 Å². The molecule has 25 heavy (non-hydrogen) atoms. The van der Waals surface area contributed by atoms with Gasteiger partial charge in [-0.1, -0.05) is 42.5 Å². The van der Waals surface area contributed by atoms with Crippen molar-refractivity contribution in [3.63, 3.8) is 0 Å². The van der Waals surface area contributed by atoms with Crippen molar-refractivity contribution < 1.29 is 0 Å². The third kappa shape index (κ3) is 3.56. The van der Waals surface area contributed by atoms with Gasteiger partial charge in [0.1, 0.15) is 0 Å². The summed E-state index contributed by atoms with van der Waals surface area (Å²) in [7, 11) is 0. The molecule has 0 atom stereocenters. The highest BCUT2D eigenvalue weighted by molar-refractivity contribution is 6.01. The van der Waals surface area contributed by atoms with Gasteiger partial charge < -0.3 is 10.6 Å². The fourth-order valence-corrected chi connectivity index (χ4v) is 3.09. The molecular formula is C22H21N3. The Kier molecular flexibility index (Phi) is 4.46. The number of hydrogen-bond donors (Lipinski definition) is 2. The lowest BCUT2D eigenvalue weighted by atomic mass is 10.1. The van der Waals surface area contributed by atoms with Crippen LogP contribution >= 0.6 is 0 Å². The van der Waals surface area contributed by atoms with E-state index in [1.165, 1.54) is 21.8 Å². The normalized spacial score (nSPS) is 10.9. The summed E-state index contributed by atoms with van der Waals surface area (Å²) in [5.41, 5.74) is 3.35. The van der Waals surface area contributed by atoms with E-state index in [1.54, 1.807) is 0 Å². The van der Waals surface area contributed by atoms with Gasteiger partial charge in [-0.2, -0.15) is 0 Å². The van der Waals surface area contributed by atoms with Gasteiger partial charge in [0, 0.05) is 36.0 Å². The predicted molar refractivity (Wildman–Crippen MR) is 107 cm³/mol. The number of benzene rings is 3. The molecule has 4 aromatic rings. The number of anilines is 2. The first-order valence-corrected chi connectivity index (χ1v) is 8.70. The summed E-state index contributed by atoms with van der Waals surface area (Å²) in [4.78, 5) is 4.52. The van der Waals surface area contributed by atoms with Gasteiger partial charge in [-0.25, -0.2) is 0 Å². The van der Waals surface area contributed by atoms with Crippen LogP contribution in [0.25, 0.3) is 21.7 Å². The molecule has 0 unspecified atom stereocenters. The topological polar surface area (TPSA) is 37.0 Å². The maximum atomic E-state index is 4.52. The largest absolute Gasteiger partial charge is 0.385 e. The van der Waals surface area contributed by atoms with Crippen molar-refractivity contribution in [2.24, 2.45) is 0 Å². The first-order valence-electron chi connectivity index (χ1n) is 8.70. The van der Waals surface area contributed by atoms with Crippen LogP contribution < -0.4 is 10.6 Å². The summed E-state index contributed by atoms with van der Waals surface area (Å²) >= 11 is 0. The first kappa shape index (κ1) is 15.5. The van der Waals surface area contributed by atoms with E-state index in [0.29, 0.717) is 0 Å². The van der Waals surface area contributed by atoms with Crippen molar-refractivity contribution in [3.8, 4) is 0 Å². The first-order chi connectivity index (χ1) is 12.4. The molecule has 0 amide bonds. The van der Waals surface area contributed by atoms with Crippen molar-refractivity contribution in [1.29, 1.82) is 0 Å². The van der Waals surface area contributed by atoms with Gasteiger partial charge in [-0.3, -0.25) is 4.98 Å². The number of aromatic nitrogens is 1. The Balaban J connectivity index is 1.43. The molecule has 0 spiro atoms. The van der Waals surface area contributed by atoms with E-state index >= 15 is 0 Å². The highest BCUT2D eigenvalue weighted by atomic mass is 14.9. The fraction of sp³-hybridized carbons (Fsp3) is 0.136. The Morgan fingerprint density at radius 2 is 1.44 bits per heavy atom. The van der Waals surface area contributed by atoms with Gasteiger partial charge in [0.2, 0.25) is 0 Å². The highest BCUT2D eigenvalue weighted by Crippen LogP contribution is 2.26. The average Bonchev–Trinajstić information content (AvgIpc) is 2.67. The van der Waals surface area contributed by atoms with Crippen LogP contribution in [0.1, 0.15) is 6.42 Å². The van der Waals surface area contributed by atoms with E-state index in [1.807, 2.05) is 24.4 Å². The molecule has 2 N–H and O–H groups in total. The second-order valence-electron chi connectivity index (χ2n) is 6.15. The third-order valence-electron chi connectivity index (χ3n) is 4.38. The molecule has 4 rings (SSSR count). The maximum absolute atomic E-state index is 4.52. The zero-order valence-electron chi connectivity index (χ0n) is 14.1. The average molecular weight is 327 g/mol. The molecule has 1 heterocycles. The smallest absolute Gasteiger partial charge is 0.0729 e. The standard InChI is InChI=1S/C22H21N3/c1-2-9-19(10-3-1)23-12-6-13-24-21-11-14-25-22-16-18-8-5-4-7-17(18)15-20(21)22/h1-5,7-11,14-16,23H,6,12-13H2,(H,24,25). The van der Waals surface area contributed by atoms with Gasteiger partial charge in [-0.15, -0.1) is 0 Å². The van der Waals surface area contributed by atoms with Crippen LogP contribution in [0.15, 0.2) is 79.0 Å². The minimum Gasteiger partial charge on any atom is -0.385 e. The molecule has 0 bridgehead atoms. The maximum Gasteiger partial charge on any atom is 0.0729 e. The summed E-state index contributed by atoms with van der Waals surface area (Å²) in [6.45, 7) is 1.87. The molecule has 3 heteroatoms. The third-order valence-corrected chi connectivity index (χ3v) is 4.38. The molecule has 3 nitrogen and oxygen atoms in total. The van der Waals surface area contributed by atoms with Crippen LogP contribution in [0.3, 0.4) is 0 Å². The Morgan fingerprint density at radius 1 is 0.720 bits per heavy atom. The molecule has 1 aromatic heterocycles. The summed E-state index contributed by atoms with van der Waals surface area (Å²) in [6, 6.07) is 25.2. The van der Waals surface area contributed by atoms with Crippen LogP contribution in [0.5, 0.6) is 0 Å². The molecule has 3 aromatic carbocycles. The van der Waals surface area contributed by atoms with E-state index in [2.05, 4.69) is 70.2 Å². The molecule has 0 saturated carbocycles. The van der Waals surface area contributed by atoms with E-state index in [4.69, 9.17) is 0 Å². The van der Waals surface area contributed by atoms with Crippen LogP contribution in [-0.4, -0.2) is 18.1 Å². The summed E-state index contributed by atoms with van der Waals surface area (Å²) in [6.07, 6.45) is 2.92. The monoisotopic (exact) mass is 327 g/mol. The van der Waals surface area contributed by atoms with Gasteiger partial charge in [0.15, 0.2) is 0 Å². The van der Waals surface area contributed by atoms with E-state index < -0.39 is 0 Å². The van der Waals surface area contributed by atoms with E-state index in [9.17, 15) is 0 Å². The van der Waals surface area contributed by atoms with E-state index in [0.717, 1.165) is 30.7 Å². The number of rotatable bonds is 6. The lowest BCUT2D eigenvalue weighted by Gasteiger charge is -2.11. The zero-order chi connectivity index (χ0) is 16.9. The Labute approximate surface area is 147 Å². The zero-order valence-corrected chi connectivity index (χ0v) is 14.1. The Bertz CT molecular complexity index is 980. The molecule has 0 saturated heterocycles. The second kappa shape index (κ2) is 7.22. The number of nitrogens with zero attached hydrogens (tertiary/aromatic N) is 1. The number of fused-ring (bicyclic) bond motifs is 2. The van der Waals surface area contributed by atoms with Crippen molar-refractivity contribution in [3.05, 3.63) is 79.0 Å². The second-order valence-corrected chi connectivity index (χ2v) is 6.15. The highest BCUT2D eigenvalue weighted by Gasteiger charge is 2.03. The fourth-order valence-electron chi connectivity index (χ4n) is 3.09. The number of pyridine rings is 1. The van der Waals surface area contributed by atoms with Crippen LogP contribution in [0, 0.1) is 0 Å². The molecule has 0 aliphatic rings. The quantitative estimate of drug-likeness (QED) is 0.372. The number of hydrogen-bond acceptors (Lipinski definition) is 3. The summed E-state index contributed by atoms with van der Waals surface area (Å²) < 4.78 is 0. The molecule has 0 radical (unpaired) electrons. The van der Waals surface area contributed by atoms with Crippen molar-refractivity contribution >= 4 is 33.1 Å². The number of nitrogens with one attached hydrogen (secondary N) is 2. The summed E-state index contributed by atoms with van der Waals surface area (Å²) in [5.74, 6) is 0. The minimum absolute atomic E-state index is 0.922. The van der Waals surface area contributed by atoms with Crippen molar-refractivity contribution in [2.75, 3.05) is 23.7 Å². The molecule has 0 aliphatic heterocycles. The Morgan fingerprint density at radius 3 is 2.28 bits per heavy atom. The van der Waals surface area contributed by atoms with Gasteiger partial charge in [-0.05, 0) is 47.5 Å². The van der Waals surface area contributed by atoms with Crippen molar-refractivity contribution in [2.45, 2.75) is 6.42 Å². The summed E-state index contributed by atoms with van der Waals surface area (Å²) in [5, 5.41) is 10.7. The van der Waals surface area contributed by atoms with E-state index in [-0.39, 0.29) is 0 Å². The lowest BCUT2D eigenvalue weighted by Crippen LogP contribution is -2.09. The van der Waals surface area contributed by atoms with Crippen molar-refractivity contribution in [1.82, 2.24) is 4.98 Å². The Hall–Kier alpha value is -3.07. The van der Waals surface area contributed by atoms with Crippen LogP contribution in [-0.2, 0) is 0 Å². The SMILES string of the molecule is c1ccc(NCCCNc2ccnc3cc4ccccc4cc23)cc1. The van der Waals surface area contributed by atoms with Gasteiger partial charge in [0.05, 0.1) is 5.52 Å². The van der Waals surface area contributed by atoms with Gasteiger partial charge >= 0.3 is 0 Å². The molecular weight excluding hydrogens is 306 g/mol.